The van der Waals surface area contributed by atoms with Gasteiger partial charge in [0.1, 0.15) is 5.56 Å². The van der Waals surface area contributed by atoms with Crippen LogP contribution >= 0.6 is 0 Å². The molecule has 8 heteroatoms. The molecule has 0 spiro atoms. The first kappa shape index (κ1) is 19.4. The minimum Gasteiger partial charge on any atom is -0.390 e. The summed E-state index contributed by atoms with van der Waals surface area (Å²) >= 11 is 0. The van der Waals surface area contributed by atoms with Gasteiger partial charge < -0.3 is 14.5 Å². The van der Waals surface area contributed by atoms with Crippen molar-refractivity contribution in [2.75, 3.05) is 13.1 Å². The SMILES string of the molecule is CC(C)(O)C1CCCN(C(=O)c2cnoc2-c2ccc(C(F)(F)F)cc2)C1. The van der Waals surface area contributed by atoms with Crippen molar-refractivity contribution in [2.45, 2.75) is 38.5 Å². The Kier molecular flexibility index (Phi) is 5.03. The second-order valence-electron chi connectivity index (χ2n) is 7.39. The van der Waals surface area contributed by atoms with Crippen LogP contribution in [-0.4, -0.2) is 39.8 Å². The molecule has 5 nitrogen and oxygen atoms in total. The Balaban J connectivity index is 1.83. The summed E-state index contributed by atoms with van der Waals surface area (Å²) in [5.74, 6) is -0.219. The summed E-state index contributed by atoms with van der Waals surface area (Å²) in [6, 6.07) is 4.40. The molecule has 2 aromatic rings. The Morgan fingerprint density at radius 2 is 1.93 bits per heavy atom. The number of nitrogens with zero attached hydrogens (tertiary/aromatic N) is 2. The zero-order chi connectivity index (χ0) is 19.8. The van der Waals surface area contributed by atoms with Crippen LogP contribution in [0.5, 0.6) is 0 Å². The maximum atomic E-state index is 12.9. The quantitative estimate of drug-likeness (QED) is 0.872. The van der Waals surface area contributed by atoms with Gasteiger partial charge in [-0.3, -0.25) is 4.79 Å². The predicted octanol–water partition coefficient (Wildman–Crippen LogP) is 3.98. The molecule has 1 aliphatic heterocycles. The molecule has 1 aromatic carbocycles. The van der Waals surface area contributed by atoms with E-state index in [1.165, 1.54) is 18.3 Å². The molecule has 1 aliphatic rings. The van der Waals surface area contributed by atoms with E-state index in [0.717, 1.165) is 25.0 Å². The lowest BCUT2D eigenvalue weighted by atomic mass is 9.84. The Morgan fingerprint density at radius 1 is 1.26 bits per heavy atom. The lowest BCUT2D eigenvalue weighted by Gasteiger charge is -2.38. The Labute approximate surface area is 154 Å². The summed E-state index contributed by atoms with van der Waals surface area (Å²) in [6.45, 7) is 4.39. The maximum Gasteiger partial charge on any atom is 0.416 e. The molecule has 0 bridgehead atoms. The second-order valence-corrected chi connectivity index (χ2v) is 7.39. The number of rotatable bonds is 3. The van der Waals surface area contributed by atoms with Gasteiger partial charge in [-0.15, -0.1) is 0 Å². The minimum absolute atomic E-state index is 0.0513. The van der Waals surface area contributed by atoms with Crippen molar-refractivity contribution in [1.29, 1.82) is 0 Å². The minimum atomic E-state index is -4.43. The fourth-order valence-electron chi connectivity index (χ4n) is 3.32. The van der Waals surface area contributed by atoms with E-state index in [9.17, 15) is 23.1 Å². The molecule has 0 aliphatic carbocycles. The molecule has 27 heavy (non-hydrogen) atoms. The van der Waals surface area contributed by atoms with E-state index >= 15 is 0 Å². The standard InChI is InChI=1S/C19H21F3N2O3/c1-18(2,26)14-4-3-9-24(11-14)17(25)15-10-23-27-16(15)12-5-7-13(8-6-12)19(20,21)22/h5-8,10,14,26H,3-4,9,11H2,1-2H3. The molecule has 1 N–H and O–H groups in total. The van der Waals surface area contributed by atoms with Crippen LogP contribution in [0, 0.1) is 5.92 Å². The molecule has 1 atom stereocenters. The van der Waals surface area contributed by atoms with Crippen LogP contribution in [0.2, 0.25) is 0 Å². The number of benzene rings is 1. The third-order valence-corrected chi connectivity index (χ3v) is 4.98. The van der Waals surface area contributed by atoms with E-state index in [1.807, 2.05) is 0 Å². The Hall–Kier alpha value is -2.35. The summed E-state index contributed by atoms with van der Waals surface area (Å²) in [6.07, 6.45) is -1.56. The summed E-state index contributed by atoms with van der Waals surface area (Å²) in [5.41, 5.74) is -1.13. The third kappa shape index (κ3) is 4.16. The second kappa shape index (κ2) is 6.99. The number of amides is 1. The van der Waals surface area contributed by atoms with Gasteiger partial charge >= 0.3 is 6.18 Å². The Bertz CT molecular complexity index is 807. The van der Waals surface area contributed by atoms with Gasteiger partial charge in [-0.2, -0.15) is 13.2 Å². The van der Waals surface area contributed by atoms with Gasteiger partial charge in [-0.1, -0.05) is 17.3 Å². The van der Waals surface area contributed by atoms with Crippen molar-refractivity contribution in [3.63, 3.8) is 0 Å². The summed E-state index contributed by atoms with van der Waals surface area (Å²) in [7, 11) is 0. The molecule has 2 heterocycles. The number of likely N-dealkylation sites (tertiary alicyclic amines) is 1. The van der Waals surface area contributed by atoms with E-state index in [2.05, 4.69) is 5.16 Å². The van der Waals surface area contributed by atoms with Crippen LogP contribution in [-0.2, 0) is 6.18 Å². The van der Waals surface area contributed by atoms with Crippen molar-refractivity contribution >= 4 is 5.91 Å². The van der Waals surface area contributed by atoms with Crippen LogP contribution in [0.4, 0.5) is 13.2 Å². The van der Waals surface area contributed by atoms with Crippen LogP contribution in [0.1, 0.15) is 42.6 Å². The number of hydrogen-bond acceptors (Lipinski definition) is 4. The maximum absolute atomic E-state index is 12.9. The molecule has 0 saturated carbocycles. The number of aliphatic hydroxyl groups is 1. The zero-order valence-corrected chi connectivity index (χ0v) is 15.1. The molecule has 1 aromatic heterocycles. The van der Waals surface area contributed by atoms with Gasteiger partial charge in [0, 0.05) is 24.6 Å². The number of hydrogen-bond donors (Lipinski definition) is 1. The molecule has 3 rings (SSSR count). The smallest absolute Gasteiger partial charge is 0.390 e. The molecule has 146 valence electrons. The first-order chi connectivity index (χ1) is 12.6. The predicted molar refractivity (Wildman–Crippen MR) is 91.9 cm³/mol. The summed E-state index contributed by atoms with van der Waals surface area (Å²) in [5, 5.41) is 13.9. The molecule has 1 unspecified atom stereocenters. The van der Waals surface area contributed by atoms with E-state index in [1.54, 1.807) is 18.7 Å². The van der Waals surface area contributed by atoms with Crippen molar-refractivity contribution in [2.24, 2.45) is 5.92 Å². The summed E-state index contributed by atoms with van der Waals surface area (Å²) < 4.78 is 43.3. The average molecular weight is 382 g/mol. The van der Waals surface area contributed by atoms with Gasteiger partial charge in [0.05, 0.1) is 17.4 Å². The number of halogens is 3. The summed E-state index contributed by atoms with van der Waals surface area (Å²) in [4.78, 5) is 14.5. The van der Waals surface area contributed by atoms with Crippen molar-refractivity contribution < 1.29 is 27.6 Å². The number of aromatic nitrogens is 1. The largest absolute Gasteiger partial charge is 0.416 e. The fraction of sp³-hybridized carbons (Fsp3) is 0.474. The van der Waals surface area contributed by atoms with Crippen LogP contribution in [0.3, 0.4) is 0 Å². The molecule has 1 amide bonds. The zero-order valence-electron chi connectivity index (χ0n) is 15.1. The normalized spacial score (nSPS) is 18.6. The number of carbonyl (C=O) groups excluding carboxylic acids is 1. The van der Waals surface area contributed by atoms with Gasteiger partial charge in [0.15, 0.2) is 5.76 Å². The van der Waals surface area contributed by atoms with E-state index in [4.69, 9.17) is 4.52 Å². The monoisotopic (exact) mass is 382 g/mol. The van der Waals surface area contributed by atoms with Gasteiger partial charge in [0.2, 0.25) is 0 Å². The molecule has 1 fully saturated rings. The van der Waals surface area contributed by atoms with E-state index < -0.39 is 17.3 Å². The fourth-order valence-corrected chi connectivity index (χ4v) is 3.32. The van der Waals surface area contributed by atoms with Crippen LogP contribution < -0.4 is 0 Å². The van der Waals surface area contributed by atoms with Gasteiger partial charge in [-0.25, -0.2) is 0 Å². The first-order valence-corrected chi connectivity index (χ1v) is 8.71. The highest BCUT2D eigenvalue weighted by Crippen LogP contribution is 2.33. The van der Waals surface area contributed by atoms with Crippen molar-refractivity contribution in [3.8, 4) is 11.3 Å². The number of carbonyl (C=O) groups is 1. The van der Waals surface area contributed by atoms with Gasteiger partial charge in [0.25, 0.3) is 5.91 Å². The van der Waals surface area contributed by atoms with Crippen LogP contribution in [0.25, 0.3) is 11.3 Å². The molecule has 1 saturated heterocycles. The Morgan fingerprint density at radius 3 is 2.52 bits per heavy atom. The topological polar surface area (TPSA) is 66.6 Å². The van der Waals surface area contributed by atoms with Crippen molar-refractivity contribution in [1.82, 2.24) is 10.1 Å². The number of piperidine rings is 1. The van der Waals surface area contributed by atoms with Crippen LogP contribution in [0.15, 0.2) is 35.0 Å². The van der Waals surface area contributed by atoms with E-state index in [0.29, 0.717) is 18.7 Å². The highest BCUT2D eigenvalue weighted by Gasteiger charge is 2.35. The van der Waals surface area contributed by atoms with E-state index in [-0.39, 0.29) is 23.1 Å². The highest BCUT2D eigenvalue weighted by molar-refractivity contribution is 5.99. The molecular formula is C19H21F3N2O3. The van der Waals surface area contributed by atoms with Gasteiger partial charge in [-0.05, 0) is 38.8 Å². The molecule has 0 radical (unpaired) electrons. The molecular weight excluding hydrogens is 361 g/mol. The third-order valence-electron chi connectivity index (χ3n) is 4.98. The highest BCUT2D eigenvalue weighted by atomic mass is 19.4. The number of alkyl halides is 3. The van der Waals surface area contributed by atoms with Crippen molar-refractivity contribution in [3.05, 3.63) is 41.6 Å². The lowest BCUT2D eigenvalue weighted by Crippen LogP contribution is -2.46. The average Bonchev–Trinajstić information content (AvgIpc) is 3.09. The first-order valence-electron chi connectivity index (χ1n) is 8.71. The lowest BCUT2D eigenvalue weighted by molar-refractivity contribution is -0.137.